The Morgan fingerprint density at radius 1 is 1.54 bits per heavy atom. The van der Waals surface area contributed by atoms with Gasteiger partial charge in [0.2, 0.25) is 0 Å². The van der Waals surface area contributed by atoms with Crippen molar-refractivity contribution >= 4 is 11.6 Å². The first kappa shape index (κ1) is 8.78. The molecule has 1 aromatic rings. The molecule has 1 fully saturated rings. The van der Waals surface area contributed by atoms with Gasteiger partial charge < -0.3 is 10.4 Å². The lowest BCUT2D eigenvalue weighted by molar-refractivity contribution is 0.362. The molecule has 2 nitrogen and oxygen atoms in total. The quantitative estimate of drug-likeness (QED) is 0.730. The van der Waals surface area contributed by atoms with Gasteiger partial charge in [-0.05, 0) is 19.0 Å². The van der Waals surface area contributed by atoms with E-state index in [1.165, 1.54) is 12.1 Å². The fourth-order valence-corrected chi connectivity index (χ4v) is 1.54. The number of phenols is 1. The maximum Gasteiger partial charge on any atom is 0.142 e. The highest BCUT2D eigenvalue weighted by Crippen LogP contribution is 2.33. The van der Waals surface area contributed by atoms with Gasteiger partial charge in [0, 0.05) is 17.7 Å². The minimum absolute atomic E-state index is 0.0411. The minimum Gasteiger partial charge on any atom is -0.508 e. The Morgan fingerprint density at radius 2 is 2.23 bits per heavy atom. The number of nitrogens with one attached hydrogen (secondary N) is 1. The van der Waals surface area contributed by atoms with Gasteiger partial charge in [-0.25, -0.2) is 4.39 Å². The minimum atomic E-state index is -0.483. The molecule has 1 saturated heterocycles. The van der Waals surface area contributed by atoms with Gasteiger partial charge in [0.05, 0.1) is 5.02 Å². The molecule has 1 aliphatic rings. The van der Waals surface area contributed by atoms with Gasteiger partial charge >= 0.3 is 0 Å². The van der Waals surface area contributed by atoms with E-state index in [0.29, 0.717) is 5.56 Å². The van der Waals surface area contributed by atoms with Gasteiger partial charge in [0.1, 0.15) is 11.6 Å². The van der Waals surface area contributed by atoms with Crippen LogP contribution in [0.25, 0.3) is 0 Å². The molecule has 1 aliphatic heterocycles. The molecule has 0 aromatic heterocycles. The van der Waals surface area contributed by atoms with Crippen LogP contribution in [0.3, 0.4) is 0 Å². The lowest BCUT2D eigenvalue weighted by Crippen LogP contribution is -2.35. The van der Waals surface area contributed by atoms with E-state index in [4.69, 9.17) is 11.6 Å². The van der Waals surface area contributed by atoms with Crippen molar-refractivity contribution in [2.45, 2.75) is 12.5 Å². The molecule has 0 radical (unpaired) electrons. The molecule has 0 saturated carbocycles. The predicted molar refractivity (Wildman–Crippen MR) is 48.4 cm³/mol. The molecule has 70 valence electrons. The second-order valence-corrected chi connectivity index (χ2v) is 3.53. The average Bonchev–Trinajstić information content (AvgIpc) is 1.96. The van der Waals surface area contributed by atoms with Crippen molar-refractivity contribution in [3.8, 4) is 5.75 Å². The molecule has 0 unspecified atom stereocenters. The van der Waals surface area contributed by atoms with Crippen LogP contribution in [0.1, 0.15) is 18.0 Å². The number of rotatable bonds is 1. The first-order valence-corrected chi connectivity index (χ1v) is 4.47. The zero-order valence-corrected chi connectivity index (χ0v) is 7.61. The van der Waals surface area contributed by atoms with Crippen LogP contribution in [0.2, 0.25) is 5.02 Å². The Hall–Kier alpha value is -0.800. The summed E-state index contributed by atoms with van der Waals surface area (Å²) in [5.74, 6) is -0.424. The van der Waals surface area contributed by atoms with Crippen LogP contribution in [0, 0.1) is 5.82 Å². The van der Waals surface area contributed by atoms with E-state index >= 15 is 0 Å². The van der Waals surface area contributed by atoms with E-state index in [2.05, 4.69) is 5.32 Å². The van der Waals surface area contributed by atoms with Gasteiger partial charge in [0.25, 0.3) is 0 Å². The molecule has 4 heteroatoms. The summed E-state index contributed by atoms with van der Waals surface area (Å²) in [4.78, 5) is 0. The van der Waals surface area contributed by atoms with Crippen molar-refractivity contribution in [2.24, 2.45) is 0 Å². The Kier molecular flexibility index (Phi) is 2.14. The van der Waals surface area contributed by atoms with E-state index in [9.17, 15) is 9.50 Å². The summed E-state index contributed by atoms with van der Waals surface area (Å²) < 4.78 is 13.0. The van der Waals surface area contributed by atoms with Crippen LogP contribution in [-0.4, -0.2) is 11.7 Å². The molecular formula is C9H9ClFNO. The molecule has 0 spiro atoms. The maximum absolute atomic E-state index is 13.0. The van der Waals surface area contributed by atoms with Crippen molar-refractivity contribution in [1.82, 2.24) is 5.32 Å². The van der Waals surface area contributed by atoms with Gasteiger partial charge in [-0.2, -0.15) is 0 Å². The third kappa shape index (κ3) is 1.49. The molecule has 1 atom stereocenters. The van der Waals surface area contributed by atoms with Crippen LogP contribution in [0.4, 0.5) is 4.39 Å². The number of benzene rings is 1. The molecule has 2 N–H and O–H groups in total. The Morgan fingerprint density at radius 3 is 2.77 bits per heavy atom. The molecule has 0 amide bonds. The fourth-order valence-electron chi connectivity index (χ4n) is 1.38. The van der Waals surface area contributed by atoms with Crippen molar-refractivity contribution < 1.29 is 9.50 Å². The highest BCUT2D eigenvalue weighted by atomic mass is 35.5. The molecular weight excluding hydrogens is 193 g/mol. The van der Waals surface area contributed by atoms with E-state index in [1.807, 2.05) is 0 Å². The van der Waals surface area contributed by atoms with Gasteiger partial charge in [-0.3, -0.25) is 0 Å². The second-order valence-electron chi connectivity index (χ2n) is 3.12. The Bertz CT molecular complexity index is 339. The van der Waals surface area contributed by atoms with Crippen LogP contribution in [-0.2, 0) is 0 Å². The van der Waals surface area contributed by atoms with Crippen LogP contribution >= 0.6 is 11.6 Å². The van der Waals surface area contributed by atoms with E-state index in [1.54, 1.807) is 0 Å². The monoisotopic (exact) mass is 201 g/mol. The third-order valence-corrected chi connectivity index (χ3v) is 2.56. The van der Waals surface area contributed by atoms with Gasteiger partial charge in [0.15, 0.2) is 0 Å². The fraction of sp³-hybridized carbons (Fsp3) is 0.333. The van der Waals surface area contributed by atoms with Crippen molar-refractivity contribution in [3.63, 3.8) is 0 Å². The van der Waals surface area contributed by atoms with Crippen molar-refractivity contribution in [3.05, 3.63) is 28.5 Å². The normalized spacial score (nSPS) is 21.2. The smallest absolute Gasteiger partial charge is 0.142 e. The summed E-state index contributed by atoms with van der Waals surface area (Å²) in [7, 11) is 0. The van der Waals surface area contributed by atoms with Crippen LogP contribution < -0.4 is 5.32 Å². The van der Waals surface area contributed by atoms with E-state index in [-0.39, 0.29) is 16.8 Å². The lowest BCUT2D eigenvalue weighted by atomic mass is 9.97. The number of hydrogen-bond donors (Lipinski definition) is 2. The molecule has 0 bridgehead atoms. The third-order valence-electron chi connectivity index (χ3n) is 2.27. The molecule has 2 rings (SSSR count). The second kappa shape index (κ2) is 3.16. The van der Waals surface area contributed by atoms with Crippen LogP contribution in [0.5, 0.6) is 5.75 Å². The molecule has 13 heavy (non-hydrogen) atoms. The lowest BCUT2D eigenvalue weighted by Gasteiger charge is -2.28. The molecule has 1 heterocycles. The first-order chi connectivity index (χ1) is 6.18. The summed E-state index contributed by atoms with van der Waals surface area (Å²) in [6.07, 6.45) is 0.925. The summed E-state index contributed by atoms with van der Waals surface area (Å²) in [6.45, 7) is 0.911. The molecule has 1 aromatic carbocycles. The summed E-state index contributed by atoms with van der Waals surface area (Å²) >= 11 is 5.50. The van der Waals surface area contributed by atoms with Gasteiger partial charge in [-0.1, -0.05) is 11.6 Å². The van der Waals surface area contributed by atoms with Crippen molar-refractivity contribution in [2.75, 3.05) is 6.54 Å². The highest BCUT2D eigenvalue weighted by Gasteiger charge is 2.22. The standard InChI is InChI=1S/C9H9ClFNO/c10-6-4-9(13)5(3-7(6)11)8-1-2-12-8/h3-4,8,12-13H,1-2H2/t8-/m0/s1. The number of halogens is 2. The number of hydrogen-bond acceptors (Lipinski definition) is 2. The first-order valence-electron chi connectivity index (χ1n) is 4.10. The highest BCUT2D eigenvalue weighted by molar-refractivity contribution is 6.30. The zero-order valence-electron chi connectivity index (χ0n) is 6.85. The molecule has 0 aliphatic carbocycles. The predicted octanol–water partition coefficient (Wildman–Crippen LogP) is 2.22. The van der Waals surface area contributed by atoms with E-state index < -0.39 is 5.82 Å². The Balaban J connectivity index is 2.39. The van der Waals surface area contributed by atoms with Crippen molar-refractivity contribution in [1.29, 1.82) is 0 Å². The SMILES string of the molecule is Oc1cc(Cl)c(F)cc1[C@@H]1CCN1. The Labute approximate surface area is 80.3 Å². The van der Waals surface area contributed by atoms with Gasteiger partial charge in [-0.15, -0.1) is 0 Å². The summed E-state index contributed by atoms with van der Waals surface area (Å²) in [6, 6.07) is 2.60. The largest absolute Gasteiger partial charge is 0.508 e. The maximum atomic E-state index is 13.0. The van der Waals surface area contributed by atoms with E-state index in [0.717, 1.165) is 13.0 Å². The van der Waals surface area contributed by atoms with Crippen LogP contribution in [0.15, 0.2) is 12.1 Å². The summed E-state index contributed by atoms with van der Waals surface area (Å²) in [5, 5.41) is 12.5. The zero-order chi connectivity index (χ0) is 9.42. The average molecular weight is 202 g/mol. The number of phenolic OH excluding ortho intramolecular Hbond substituents is 1. The summed E-state index contributed by atoms with van der Waals surface area (Å²) in [5.41, 5.74) is 0.591. The number of aromatic hydroxyl groups is 1. The topological polar surface area (TPSA) is 32.3 Å².